The Morgan fingerprint density at radius 2 is 2.07 bits per heavy atom. The van der Waals surface area contributed by atoms with Crippen molar-refractivity contribution in [2.75, 3.05) is 6.54 Å². The lowest BCUT2D eigenvalue weighted by Crippen LogP contribution is -2.35. The van der Waals surface area contributed by atoms with Gasteiger partial charge in [0.15, 0.2) is 0 Å². The molecule has 1 aliphatic rings. The molecule has 0 saturated heterocycles. The summed E-state index contributed by atoms with van der Waals surface area (Å²) >= 11 is 0. The lowest BCUT2D eigenvalue weighted by Gasteiger charge is -2.26. The third kappa shape index (κ3) is 4.35. The minimum absolute atomic E-state index is 0.117. The quantitative estimate of drug-likeness (QED) is 0.534. The molecule has 2 N–H and O–H groups in total. The molecule has 0 radical (unpaired) electrons. The van der Waals surface area contributed by atoms with Crippen molar-refractivity contribution in [3.8, 4) is 12.3 Å². The van der Waals surface area contributed by atoms with Crippen molar-refractivity contribution < 1.29 is 9.90 Å². The molecule has 1 saturated carbocycles. The second-order valence-electron chi connectivity index (χ2n) is 4.15. The molecule has 0 spiro atoms. The van der Waals surface area contributed by atoms with E-state index in [0.717, 1.165) is 45.1 Å². The van der Waals surface area contributed by atoms with Crippen LogP contribution in [0.5, 0.6) is 0 Å². The molecule has 0 unspecified atom stereocenters. The van der Waals surface area contributed by atoms with Crippen LogP contribution in [0.25, 0.3) is 0 Å². The van der Waals surface area contributed by atoms with E-state index < -0.39 is 5.97 Å². The average Bonchev–Trinajstić information content (AvgIpc) is 2.25. The summed E-state index contributed by atoms with van der Waals surface area (Å²) in [5.74, 6) is 1.85. The molecule has 3 nitrogen and oxygen atoms in total. The average molecular weight is 209 g/mol. The van der Waals surface area contributed by atoms with Gasteiger partial charge >= 0.3 is 5.97 Å². The van der Waals surface area contributed by atoms with Crippen LogP contribution in [0.3, 0.4) is 0 Å². The first-order valence-electron chi connectivity index (χ1n) is 5.63. The number of carboxylic acids is 1. The minimum atomic E-state index is -0.638. The summed E-state index contributed by atoms with van der Waals surface area (Å²) in [6, 6.07) is 0.498. The number of aliphatic carboxylic acids is 1. The highest BCUT2D eigenvalue weighted by Crippen LogP contribution is 2.24. The SMILES string of the molecule is C#CCCCNC1CCC(C(=O)O)CC1. The Bertz CT molecular complexity index is 236. The van der Waals surface area contributed by atoms with Gasteiger partial charge in [-0.1, -0.05) is 0 Å². The van der Waals surface area contributed by atoms with Gasteiger partial charge in [0, 0.05) is 12.5 Å². The van der Waals surface area contributed by atoms with E-state index in [1.165, 1.54) is 0 Å². The van der Waals surface area contributed by atoms with Crippen LogP contribution >= 0.6 is 0 Å². The Morgan fingerprint density at radius 1 is 1.40 bits per heavy atom. The van der Waals surface area contributed by atoms with E-state index in [2.05, 4.69) is 11.2 Å². The molecular formula is C12H19NO2. The fourth-order valence-electron chi connectivity index (χ4n) is 2.04. The summed E-state index contributed by atoms with van der Waals surface area (Å²) in [6.45, 7) is 0.951. The van der Waals surface area contributed by atoms with Crippen LogP contribution in [0.15, 0.2) is 0 Å². The summed E-state index contributed by atoms with van der Waals surface area (Å²) in [5, 5.41) is 12.3. The Kier molecular flexibility index (Phi) is 5.20. The predicted octanol–water partition coefficient (Wildman–Crippen LogP) is 1.63. The van der Waals surface area contributed by atoms with Gasteiger partial charge in [0.2, 0.25) is 0 Å². The second kappa shape index (κ2) is 6.47. The van der Waals surface area contributed by atoms with Crippen LogP contribution in [0.1, 0.15) is 38.5 Å². The third-order valence-corrected chi connectivity index (χ3v) is 3.01. The fraction of sp³-hybridized carbons (Fsp3) is 0.750. The molecule has 1 fully saturated rings. The number of hydrogen-bond acceptors (Lipinski definition) is 2. The summed E-state index contributed by atoms with van der Waals surface area (Å²) in [7, 11) is 0. The molecule has 0 heterocycles. The highest BCUT2D eigenvalue weighted by Gasteiger charge is 2.25. The molecule has 0 bridgehead atoms. The van der Waals surface area contributed by atoms with E-state index in [1.807, 2.05) is 0 Å². The van der Waals surface area contributed by atoms with Gasteiger partial charge in [-0.05, 0) is 38.6 Å². The zero-order chi connectivity index (χ0) is 11.1. The maximum Gasteiger partial charge on any atom is 0.306 e. The van der Waals surface area contributed by atoms with Crippen LogP contribution in [0.4, 0.5) is 0 Å². The number of terminal acetylenes is 1. The van der Waals surface area contributed by atoms with Gasteiger partial charge in [0.25, 0.3) is 0 Å². The van der Waals surface area contributed by atoms with Crippen molar-refractivity contribution in [1.29, 1.82) is 0 Å². The minimum Gasteiger partial charge on any atom is -0.481 e. The summed E-state index contributed by atoms with van der Waals surface area (Å²) in [4.78, 5) is 10.7. The zero-order valence-electron chi connectivity index (χ0n) is 9.04. The van der Waals surface area contributed by atoms with Gasteiger partial charge < -0.3 is 10.4 Å². The van der Waals surface area contributed by atoms with E-state index in [0.29, 0.717) is 6.04 Å². The van der Waals surface area contributed by atoms with Crippen LogP contribution in [-0.4, -0.2) is 23.7 Å². The Labute approximate surface area is 91.3 Å². The van der Waals surface area contributed by atoms with Gasteiger partial charge in [0.1, 0.15) is 0 Å². The van der Waals surface area contributed by atoms with Gasteiger partial charge in [-0.15, -0.1) is 12.3 Å². The summed E-state index contributed by atoms with van der Waals surface area (Å²) in [6.07, 6.45) is 10.6. The molecule has 0 atom stereocenters. The smallest absolute Gasteiger partial charge is 0.306 e. The standard InChI is InChI=1S/C12H19NO2/c1-2-3-4-9-13-11-7-5-10(6-8-11)12(14)15/h1,10-11,13H,3-9H2,(H,14,15). The first kappa shape index (κ1) is 12.1. The van der Waals surface area contributed by atoms with Crippen molar-refractivity contribution in [3.05, 3.63) is 0 Å². The topological polar surface area (TPSA) is 49.3 Å². The van der Waals surface area contributed by atoms with E-state index >= 15 is 0 Å². The first-order valence-corrected chi connectivity index (χ1v) is 5.63. The van der Waals surface area contributed by atoms with Gasteiger partial charge in [-0.25, -0.2) is 0 Å². The largest absolute Gasteiger partial charge is 0.481 e. The van der Waals surface area contributed by atoms with Crippen LogP contribution in [-0.2, 0) is 4.79 Å². The Hall–Kier alpha value is -1.01. The van der Waals surface area contributed by atoms with E-state index in [4.69, 9.17) is 11.5 Å². The Balaban J connectivity index is 2.10. The highest BCUT2D eigenvalue weighted by atomic mass is 16.4. The highest BCUT2D eigenvalue weighted by molar-refractivity contribution is 5.70. The van der Waals surface area contributed by atoms with Crippen molar-refractivity contribution in [1.82, 2.24) is 5.32 Å². The molecule has 3 heteroatoms. The van der Waals surface area contributed by atoms with Crippen molar-refractivity contribution in [2.24, 2.45) is 5.92 Å². The monoisotopic (exact) mass is 209 g/mol. The first-order chi connectivity index (χ1) is 7.24. The number of carbonyl (C=O) groups is 1. The molecule has 15 heavy (non-hydrogen) atoms. The fourth-order valence-corrected chi connectivity index (χ4v) is 2.04. The second-order valence-corrected chi connectivity index (χ2v) is 4.15. The maximum atomic E-state index is 10.7. The Morgan fingerprint density at radius 3 is 2.60 bits per heavy atom. The van der Waals surface area contributed by atoms with Gasteiger partial charge in [-0.2, -0.15) is 0 Å². The number of nitrogens with one attached hydrogen (secondary N) is 1. The van der Waals surface area contributed by atoms with Crippen LogP contribution < -0.4 is 5.32 Å². The number of unbranched alkanes of at least 4 members (excludes halogenated alkanes) is 1. The van der Waals surface area contributed by atoms with E-state index in [9.17, 15) is 4.79 Å². The molecule has 0 aromatic heterocycles. The molecular weight excluding hydrogens is 190 g/mol. The van der Waals surface area contributed by atoms with Crippen LogP contribution in [0, 0.1) is 18.3 Å². The van der Waals surface area contributed by atoms with Gasteiger partial charge in [-0.3, -0.25) is 4.79 Å². The number of rotatable bonds is 5. The molecule has 84 valence electrons. The number of hydrogen-bond donors (Lipinski definition) is 2. The summed E-state index contributed by atoms with van der Waals surface area (Å²) in [5.41, 5.74) is 0. The molecule has 0 amide bonds. The van der Waals surface area contributed by atoms with Gasteiger partial charge in [0.05, 0.1) is 5.92 Å². The lowest BCUT2D eigenvalue weighted by molar-refractivity contribution is -0.142. The van der Waals surface area contributed by atoms with E-state index in [-0.39, 0.29) is 5.92 Å². The van der Waals surface area contributed by atoms with Crippen LogP contribution in [0.2, 0.25) is 0 Å². The van der Waals surface area contributed by atoms with Crippen molar-refractivity contribution >= 4 is 5.97 Å². The molecule has 0 aromatic carbocycles. The molecule has 0 aromatic rings. The predicted molar refractivity (Wildman–Crippen MR) is 59.5 cm³/mol. The molecule has 1 rings (SSSR count). The molecule has 1 aliphatic carbocycles. The summed E-state index contributed by atoms with van der Waals surface area (Å²) < 4.78 is 0. The van der Waals surface area contributed by atoms with Crippen molar-refractivity contribution in [2.45, 2.75) is 44.6 Å². The zero-order valence-corrected chi connectivity index (χ0v) is 9.04. The number of carboxylic acid groups (broad SMARTS) is 1. The normalized spacial score (nSPS) is 25.8. The van der Waals surface area contributed by atoms with E-state index in [1.54, 1.807) is 0 Å². The third-order valence-electron chi connectivity index (χ3n) is 3.01. The maximum absolute atomic E-state index is 10.7. The lowest BCUT2D eigenvalue weighted by atomic mass is 9.86. The molecule has 0 aliphatic heterocycles. The van der Waals surface area contributed by atoms with Crippen molar-refractivity contribution in [3.63, 3.8) is 0 Å².